The van der Waals surface area contributed by atoms with Crippen LogP contribution in [-0.2, 0) is 7.05 Å². The molecule has 6 nitrogen and oxygen atoms in total. The Balaban J connectivity index is 1.83. The van der Waals surface area contributed by atoms with E-state index in [1.165, 1.54) is 17.5 Å². The predicted molar refractivity (Wildman–Crippen MR) is 90.0 cm³/mol. The molecule has 0 aliphatic rings. The number of amides is 1. The van der Waals surface area contributed by atoms with Gasteiger partial charge < -0.3 is 4.74 Å². The predicted octanol–water partition coefficient (Wildman–Crippen LogP) is 3.11. The fourth-order valence-electron chi connectivity index (χ4n) is 2.18. The van der Waals surface area contributed by atoms with Crippen LogP contribution in [0, 0.1) is 6.92 Å². The molecule has 0 bridgehead atoms. The fraction of sp³-hybridized carbons (Fsp3) is 0.188. The summed E-state index contributed by atoms with van der Waals surface area (Å²) in [5, 5.41) is 9.21. The molecule has 7 heteroatoms. The van der Waals surface area contributed by atoms with Crippen molar-refractivity contribution in [2.24, 2.45) is 7.05 Å². The molecule has 3 rings (SSSR count). The van der Waals surface area contributed by atoms with Crippen molar-refractivity contribution in [1.82, 2.24) is 14.8 Å². The van der Waals surface area contributed by atoms with Gasteiger partial charge in [0.15, 0.2) is 5.13 Å². The Morgan fingerprint density at radius 3 is 2.91 bits per heavy atom. The van der Waals surface area contributed by atoms with Crippen LogP contribution in [0.1, 0.15) is 15.9 Å². The maximum absolute atomic E-state index is 12.1. The molecule has 2 heterocycles. The van der Waals surface area contributed by atoms with Gasteiger partial charge >= 0.3 is 0 Å². The van der Waals surface area contributed by atoms with E-state index in [0.29, 0.717) is 10.7 Å². The number of rotatable bonds is 4. The number of nitrogens with one attached hydrogen (secondary N) is 1. The van der Waals surface area contributed by atoms with Crippen molar-refractivity contribution < 1.29 is 9.53 Å². The number of benzene rings is 1. The number of nitrogens with zero attached hydrogens (tertiary/aromatic N) is 3. The van der Waals surface area contributed by atoms with Crippen molar-refractivity contribution in [2.45, 2.75) is 6.92 Å². The minimum atomic E-state index is -0.227. The van der Waals surface area contributed by atoms with Crippen molar-refractivity contribution in [2.75, 3.05) is 12.4 Å². The summed E-state index contributed by atoms with van der Waals surface area (Å²) in [5.41, 5.74) is 3.30. The molecule has 1 aromatic carbocycles. The van der Waals surface area contributed by atoms with Crippen molar-refractivity contribution in [1.29, 1.82) is 0 Å². The molecular formula is C16H16N4O2S. The number of hydrogen-bond acceptors (Lipinski definition) is 5. The summed E-state index contributed by atoms with van der Waals surface area (Å²) in [6, 6.07) is 5.91. The summed E-state index contributed by atoms with van der Waals surface area (Å²) in [4.78, 5) is 16.6. The molecule has 0 fully saturated rings. The van der Waals surface area contributed by atoms with Gasteiger partial charge in [-0.25, -0.2) is 4.98 Å². The van der Waals surface area contributed by atoms with Gasteiger partial charge in [0.25, 0.3) is 5.91 Å². The monoisotopic (exact) mass is 328 g/mol. The Labute approximate surface area is 137 Å². The summed E-state index contributed by atoms with van der Waals surface area (Å²) in [7, 11) is 3.40. The highest BCUT2D eigenvalue weighted by molar-refractivity contribution is 7.14. The largest absolute Gasteiger partial charge is 0.496 e. The van der Waals surface area contributed by atoms with Gasteiger partial charge in [-0.15, -0.1) is 11.3 Å². The molecule has 118 valence electrons. The first-order chi connectivity index (χ1) is 11.1. The molecule has 0 aliphatic heterocycles. The minimum absolute atomic E-state index is 0.227. The van der Waals surface area contributed by atoms with Gasteiger partial charge in [0.1, 0.15) is 5.75 Å². The van der Waals surface area contributed by atoms with Gasteiger partial charge in [0, 0.05) is 24.2 Å². The normalized spacial score (nSPS) is 10.6. The molecule has 0 unspecified atom stereocenters. The lowest BCUT2D eigenvalue weighted by Crippen LogP contribution is -2.10. The molecule has 0 saturated carbocycles. The van der Waals surface area contributed by atoms with Gasteiger partial charge in [-0.2, -0.15) is 5.10 Å². The van der Waals surface area contributed by atoms with Crippen LogP contribution >= 0.6 is 11.3 Å². The molecule has 0 aliphatic carbocycles. The van der Waals surface area contributed by atoms with E-state index in [1.54, 1.807) is 25.0 Å². The van der Waals surface area contributed by atoms with Crippen molar-refractivity contribution in [3.8, 4) is 17.0 Å². The van der Waals surface area contributed by atoms with E-state index in [4.69, 9.17) is 4.74 Å². The van der Waals surface area contributed by atoms with Crippen LogP contribution in [-0.4, -0.2) is 27.8 Å². The number of aryl methyl sites for hydroxylation is 2. The lowest BCUT2D eigenvalue weighted by molar-refractivity contribution is 0.102. The first-order valence-electron chi connectivity index (χ1n) is 6.97. The Morgan fingerprint density at radius 2 is 2.22 bits per heavy atom. The SMILES string of the molecule is COc1ccc(C)cc1-c1csc(NC(=O)c2cnn(C)c2)n1. The summed E-state index contributed by atoms with van der Waals surface area (Å²) in [6.07, 6.45) is 3.18. The highest BCUT2D eigenvalue weighted by atomic mass is 32.1. The van der Waals surface area contributed by atoms with Crippen molar-refractivity contribution >= 4 is 22.4 Å². The number of anilines is 1. The summed E-state index contributed by atoms with van der Waals surface area (Å²) < 4.78 is 6.97. The van der Waals surface area contributed by atoms with E-state index >= 15 is 0 Å². The lowest BCUT2D eigenvalue weighted by Gasteiger charge is -2.07. The van der Waals surface area contributed by atoms with Crippen LogP contribution < -0.4 is 10.1 Å². The molecule has 0 radical (unpaired) electrons. The van der Waals surface area contributed by atoms with Crippen LogP contribution in [0.5, 0.6) is 5.75 Å². The molecule has 23 heavy (non-hydrogen) atoms. The van der Waals surface area contributed by atoms with Gasteiger partial charge in [-0.3, -0.25) is 14.8 Å². The molecule has 3 aromatic rings. The summed E-state index contributed by atoms with van der Waals surface area (Å²) >= 11 is 1.37. The first kappa shape index (κ1) is 15.2. The number of carbonyl (C=O) groups is 1. The Morgan fingerprint density at radius 1 is 1.39 bits per heavy atom. The number of ether oxygens (including phenoxy) is 1. The van der Waals surface area contributed by atoms with Crippen molar-refractivity contribution in [3.63, 3.8) is 0 Å². The highest BCUT2D eigenvalue weighted by Gasteiger charge is 2.13. The van der Waals surface area contributed by atoms with Gasteiger partial charge in [0.05, 0.1) is 24.6 Å². The Hall–Kier alpha value is -2.67. The molecule has 1 amide bonds. The van der Waals surface area contributed by atoms with Crippen LogP contribution in [0.4, 0.5) is 5.13 Å². The van der Waals surface area contributed by atoms with E-state index in [1.807, 2.05) is 30.5 Å². The second-order valence-corrected chi connectivity index (χ2v) is 5.96. The van der Waals surface area contributed by atoms with E-state index in [9.17, 15) is 4.79 Å². The van der Waals surface area contributed by atoms with Crippen LogP contribution in [0.3, 0.4) is 0 Å². The average Bonchev–Trinajstić information content (AvgIpc) is 3.16. The third kappa shape index (κ3) is 3.24. The second-order valence-electron chi connectivity index (χ2n) is 5.10. The van der Waals surface area contributed by atoms with E-state index in [0.717, 1.165) is 22.6 Å². The standard InChI is InChI=1S/C16H16N4O2S/c1-10-4-5-14(22-3)12(6-10)13-9-23-16(18-13)19-15(21)11-7-17-20(2)8-11/h4-9H,1-3H3,(H,18,19,21). The summed E-state index contributed by atoms with van der Waals surface area (Å²) in [5.74, 6) is 0.529. The van der Waals surface area contributed by atoms with Gasteiger partial charge in [-0.1, -0.05) is 11.6 Å². The maximum atomic E-state index is 12.1. The third-order valence-electron chi connectivity index (χ3n) is 3.32. The van der Waals surface area contributed by atoms with Crippen LogP contribution in [0.15, 0.2) is 36.0 Å². The molecule has 0 saturated heterocycles. The fourth-order valence-corrected chi connectivity index (χ4v) is 2.89. The average molecular weight is 328 g/mol. The Bertz CT molecular complexity index is 853. The lowest BCUT2D eigenvalue weighted by atomic mass is 10.1. The molecule has 1 N–H and O–H groups in total. The molecular weight excluding hydrogens is 312 g/mol. The van der Waals surface area contributed by atoms with Crippen LogP contribution in [0.2, 0.25) is 0 Å². The van der Waals surface area contributed by atoms with Gasteiger partial charge in [-0.05, 0) is 19.1 Å². The van der Waals surface area contributed by atoms with Crippen LogP contribution in [0.25, 0.3) is 11.3 Å². The Kier molecular flexibility index (Phi) is 4.12. The topological polar surface area (TPSA) is 69.0 Å². The number of methoxy groups -OCH3 is 1. The zero-order chi connectivity index (χ0) is 16.4. The number of hydrogen-bond donors (Lipinski definition) is 1. The minimum Gasteiger partial charge on any atom is -0.496 e. The third-order valence-corrected chi connectivity index (χ3v) is 4.08. The van der Waals surface area contributed by atoms with E-state index in [-0.39, 0.29) is 5.91 Å². The zero-order valence-electron chi connectivity index (χ0n) is 13.0. The first-order valence-corrected chi connectivity index (χ1v) is 7.85. The zero-order valence-corrected chi connectivity index (χ0v) is 13.8. The number of thiazole rings is 1. The second kappa shape index (κ2) is 6.21. The molecule has 0 spiro atoms. The van der Waals surface area contributed by atoms with Gasteiger partial charge in [0.2, 0.25) is 0 Å². The van der Waals surface area contributed by atoms with E-state index in [2.05, 4.69) is 15.4 Å². The molecule has 0 atom stereocenters. The van der Waals surface area contributed by atoms with E-state index < -0.39 is 0 Å². The summed E-state index contributed by atoms with van der Waals surface area (Å²) in [6.45, 7) is 2.01. The molecule has 2 aromatic heterocycles. The highest BCUT2D eigenvalue weighted by Crippen LogP contribution is 2.33. The van der Waals surface area contributed by atoms with Crippen molar-refractivity contribution in [3.05, 3.63) is 47.1 Å². The quantitative estimate of drug-likeness (QED) is 0.799. The smallest absolute Gasteiger partial charge is 0.260 e. The number of carbonyl (C=O) groups excluding carboxylic acids is 1. The number of aromatic nitrogens is 3. The maximum Gasteiger partial charge on any atom is 0.260 e.